The summed E-state index contributed by atoms with van der Waals surface area (Å²) < 4.78 is 17.4. The molecule has 164 valence electrons. The predicted molar refractivity (Wildman–Crippen MR) is 121 cm³/mol. The molecule has 1 heterocycles. The summed E-state index contributed by atoms with van der Waals surface area (Å²) >= 11 is 0. The largest absolute Gasteiger partial charge is 0.446 e. The molecule has 1 aromatic carbocycles. The Morgan fingerprint density at radius 1 is 1.37 bits per heavy atom. The van der Waals surface area contributed by atoms with Gasteiger partial charge in [0.05, 0.1) is 5.75 Å². The number of benzene rings is 1. The summed E-state index contributed by atoms with van der Waals surface area (Å²) in [5, 5.41) is 13.7. The zero-order chi connectivity index (χ0) is 21.7. The first-order valence-electron chi connectivity index (χ1n) is 10.6. The molecule has 3 rings (SSSR count). The van der Waals surface area contributed by atoms with Gasteiger partial charge < -0.3 is 15.4 Å². The number of H-pyrrole nitrogens is 1. The van der Waals surface area contributed by atoms with E-state index in [-0.39, 0.29) is 24.2 Å². The zero-order valence-corrected chi connectivity index (χ0v) is 19.0. The molecule has 1 saturated carbocycles. The van der Waals surface area contributed by atoms with Crippen LogP contribution in [0, 0.1) is 0 Å². The SMILES string of the molecule is CCc1cccc(Nc2cc(C3CCC(OC(=O)NC(C)C)C3)[nH]n2)c1CS(C)=O. The van der Waals surface area contributed by atoms with Gasteiger partial charge in [-0.2, -0.15) is 5.10 Å². The maximum atomic E-state index is 11.9. The van der Waals surface area contributed by atoms with Gasteiger partial charge in [-0.15, -0.1) is 0 Å². The number of hydrogen-bond acceptors (Lipinski definition) is 5. The van der Waals surface area contributed by atoms with Crippen molar-refractivity contribution in [3.05, 3.63) is 41.1 Å². The van der Waals surface area contributed by atoms with Crippen LogP contribution in [-0.2, 0) is 27.7 Å². The van der Waals surface area contributed by atoms with Crippen molar-refractivity contribution in [2.75, 3.05) is 11.6 Å². The summed E-state index contributed by atoms with van der Waals surface area (Å²) in [4.78, 5) is 11.8. The van der Waals surface area contributed by atoms with Gasteiger partial charge in [-0.1, -0.05) is 19.1 Å². The van der Waals surface area contributed by atoms with Gasteiger partial charge in [0.2, 0.25) is 0 Å². The maximum Gasteiger partial charge on any atom is 0.407 e. The van der Waals surface area contributed by atoms with E-state index < -0.39 is 10.8 Å². The Hall–Kier alpha value is -2.35. The highest BCUT2D eigenvalue weighted by Gasteiger charge is 2.30. The fraction of sp³-hybridized carbons (Fsp3) is 0.545. The lowest BCUT2D eigenvalue weighted by Gasteiger charge is -2.14. The number of aromatic amines is 1. The van der Waals surface area contributed by atoms with Crippen molar-refractivity contribution in [2.24, 2.45) is 0 Å². The smallest absolute Gasteiger partial charge is 0.407 e. The van der Waals surface area contributed by atoms with Gasteiger partial charge in [-0.3, -0.25) is 9.31 Å². The number of aryl methyl sites for hydroxylation is 1. The van der Waals surface area contributed by atoms with Crippen molar-refractivity contribution >= 4 is 28.4 Å². The molecule has 0 saturated heterocycles. The molecule has 3 N–H and O–H groups in total. The van der Waals surface area contributed by atoms with Crippen LogP contribution in [0.4, 0.5) is 16.3 Å². The van der Waals surface area contributed by atoms with Crippen molar-refractivity contribution in [1.82, 2.24) is 15.5 Å². The molecule has 2 aromatic rings. The molecule has 0 aliphatic heterocycles. The van der Waals surface area contributed by atoms with Crippen LogP contribution in [0.5, 0.6) is 0 Å². The summed E-state index contributed by atoms with van der Waals surface area (Å²) in [6.07, 6.45) is 4.79. The number of alkyl carbamates (subject to hydrolysis) is 1. The summed E-state index contributed by atoms with van der Waals surface area (Å²) in [5.74, 6) is 1.54. The molecule has 3 atom stereocenters. The first kappa shape index (κ1) is 22.3. The van der Waals surface area contributed by atoms with Gasteiger partial charge in [-0.05, 0) is 56.7 Å². The average Bonchev–Trinajstić information content (AvgIpc) is 3.31. The Kier molecular flexibility index (Phi) is 7.53. The minimum atomic E-state index is -0.921. The Morgan fingerprint density at radius 3 is 2.87 bits per heavy atom. The Morgan fingerprint density at radius 2 is 2.17 bits per heavy atom. The molecular formula is C22H32N4O3S. The molecule has 0 spiro atoms. The third kappa shape index (κ3) is 5.84. The summed E-state index contributed by atoms with van der Waals surface area (Å²) in [7, 11) is -0.921. The maximum absolute atomic E-state index is 11.9. The second kappa shape index (κ2) is 10.1. The van der Waals surface area contributed by atoms with E-state index in [0.717, 1.165) is 48.4 Å². The fourth-order valence-corrected chi connectivity index (χ4v) is 4.70. The number of hydrogen-bond donors (Lipinski definition) is 3. The van der Waals surface area contributed by atoms with Crippen molar-refractivity contribution in [2.45, 2.75) is 70.3 Å². The molecule has 1 amide bonds. The zero-order valence-electron chi connectivity index (χ0n) is 18.2. The molecule has 8 heteroatoms. The number of anilines is 2. The monoisotopic (exact) mass is 432 g/mol. The van der Waals surface area contributed by atoms with Gasteiger partial charge in [0.15, 0.2) is 5.82 Å². The van der Waals surface area contributed by atoms with Crippen molar-refractivity contribution in [3.63, 3.8) is 0 Å². The number of rotatable bonds is 8. The number of nitrogens with one attached hydrogen (secondary N) is 3. The van der Waals surface area contributed by atoms with Gasteiger partial charge in [0, 0.05) is 46.5 Å². The second-order valence-electron chi connectivity index (χ2n) is 8.18. The molecule has 0 bridgehead atoms. The van der Waals surface area contributed by atoms with E-state index in [2.05, 4.69) is 33.8 Å². The van der Waals surface area contributed by atoms with E-state index >= 15 is 0 Å². The van der Waals surface area contributed by atoms with Crippen LogP contribution in [-0.4, -0.2) is 38.9 Å². The second-order valence-corrected chi connectivity index (χ2v) is 9.62. The topological polar surface area (TPSA) is 96.1 Å². The molecule has 30 heavy (non-hydrogen) atoms. The lowest BCUT2D eigenvalue weighted by Crippen LogP contribution is -2.33. The van der Waals surface area contributed by atoms with Crippen LogP contribution < -0.4 is 10.6 Å². The third-order valence-electron chi connectivity index (χ3n) is 5.37. The average molecular weight is 433 g/mol. The van der Waals surface area contributed by atoms with E-state index in [1.165, 1.54) is 5.56 Å². The van der Waals surface area contributed by atoms with Crippen molar-refractivity contribution in [1.29, 1.82) is 0 Å². The highest BCUT2D eigenvalue weighted by atomic mass is 32.2. The highest BCUT2D eigenvalue weighted by Crippen LogP contribution is 2.36. The minimum Gasteiger partial charge on any atom is -0.446 e. The van der Waals surface area contributed by atoms with Crippen LogP contribution in [0.15, 0.2) is 24.3 Å². The van der Waals surface area contributed by atoms with Crippen molar-refractivity contribution < 1.29 is 13.7 Å². The molecule has 3 unspecified atom stereocenters. The lowest BCUT2D eigenvalue weighted by molar-refractivity contribution is 0.0981. The molecule has 1 fully saturated rings. The number of ether oxygens (including phenoxy) is 1. The lowest BCUT2D eigenvalue weighted by atomic mass is 10.0. The van der Waals surface area contributed by atoms with Crippen molar-refractivity contribution in [3.8, 4) is 0 Å². The van der Waals surface area contributed by atoms with Gasteiger partial charge >= 0.3 is 6.09 Å². The first-order valence-corrected chi connectivity index (χ1v) is 12.3. The van der Waals surface area contributed by atoms with Crippen LogP contribution >= 0.6 is 0 Å². The molecule has 1 aliphatic rings. The van der Waals surface area contributed by atoms with Crippen LogP contribution in [0.2, 0.25) is 0 Å². The van der Waals surface area contributed by atoms with Gasteiger partial charge in [-0.25, -0.2) is 4.79 Å². The molecule has 0 radical (unpaired) electrons. The number of carbonyl (C=O) groups excluding carboxylic acids is 1. The Balaban J connectivity index is 1.65. The van der Waals surface area contributed by atoms with E-state index in [0.29, 0.717) is 5.75 Å². The minimum absolute atomic E-state index is 0.0668. The fourth-order valence-electron chi connectivity index (χ4n) is 3.96. The summed E-state index contributed by atoms with van der Waals surface area (Å²) in [5.41, 5.74) is 4.26. The van der Waals surface area contributed by atoms with E-state index in [1.54, 1.807) is 6.26 Å². The van der Waals surface area contributed by atoms with Crippen LogP contribution in [0.3, 0.4) is 0 Å². The van der Waals surface area contributed by atoms with Gasteiger partial charge in [0.25, 0.3) is 0 Å². The standard InChI is InChI=1S/C22H32N4O3S/c1-5-15-7-6-8-19(18(15)13-30(4)28)24-21-12-20(25-26-21)16-9-10-17(11-16)29-22(27)23-14(2)3/h6-8,12,14,16-17H,5,9-11,13H2,1-4H3,(H,23,27)(H2,24,25,26). The molecule has 1 aromatic heterocycles. The summed E-state index contributed by atoms with van der Waals surface area (Å²) in [6, 6.07) is 8.18. The quantitative estimate of drug-likeness (QED) is 0.576. The number of aromatic nitrogens is 2. The van der Waals surface area contributed by atoms with E-state index in [9.17, 15) is 9.00 Å². The van der Waals surface area contributed by atoms with Crippen LogP contribution in [0.1, 0.15) is 62.8 Å². The highest BCUT2D eigenvalue weighted by molar-refractivity contribution is 7.83. The molecule has 7 nitrogen and oxygen atoms in total. The Labute approximate surface area is 180 Å². The first-order chi connectivity index (χ1) is 14.4. The summed E-state index contributed by atoms with van der Waals surface area (Å²) in [6.45, 7) is 5.93. The van der Waals surface area contributed by atoms with E-state index in [4.69, 9.17) is 4.74 Å². The Bertz CT molecular complexity index is 896. The predicted octanol–water partition coefficient (Wildman–Crippen LogP) is 4.36. The molecule has 1 aliphatic carbocycles. The normalized spacial score (nSPS) is 19.6. The third-order valence-corrected chi connectivity index (χ3v) is 6.06. The number of carbonyl (C=O) groups is 1. The van der Waals surface area contributed by atoms with Gasteiger partial charge in [0.1, 0.15) is 6.10 Å². The van der Waals surface area contributed by atoms with E-state index in [1.807, 2.05) is 32.0 Å². The number of amides is 1. The number of nitrogens with zero attached hydrogens (tertiary/aromatic N) is 1. The molecular weight excluding hydrogens is 400 g/mol. The van der Waals surface area contributed by atoms with Crippen LogP contribution in [0.25, 0.3) is 0 Å².